The molecule has 0 bridgehead atoms. The maximum Gasteiger partial charge on any atom is 0.0547 e. The Hall–Kier alpha value is -0.120. The van der Waals surface area contributed by atoms with Crippen LogP contribution < -0.4 is 5.32 Å². The van der Waals surface area contributed by atoms with Gasteiger partial charge in [0.05, 0.1) is 6.61 Å². The third-order valence-corrected chi connectivity index (χ3v) is 4.39. The van der Waals surface area contributed by atoms with Gasteiger partial charge in [-0.25, -0.2) is 0 Å². The van der Waals surface area contributed by atoms with Gasteiger partial charge in [0, 0.05) is 31.2 Å². The zero-order chi connectivity index (χ0) is 14.3. The van der Waals surface area contributed by atoms with Crippen LogP contribution in [0.2, 0.25) is 0 Å². The average Bonchev–Trinajstić information content (AvgIpc) is 2.78. The monoisotopic (exact) mass is 270 g/mol. The Morgan fingerprint density at radius 1 is 1.26 bits per heavy atom. The number of nitrogens with one attached hydrogen (secondary N) is 1. The Labute approximate surface area is 120 Å². The third kappa shape index (κ3) is 5.41. The molecule has 1 atom stereocenters. The van der Waals surface area contributed by atoms with E-state index in [1.165, 1.54) is 19.3 Å². The van der Waals surface area contributed by atoms with E-state index in [9.17, 15) is 0 Å². The molecule has 1 aliphatic heterocycles. The van der Waals surface area contributed by atoms with Crippen molar-refractivity contribution in [1.82, 2.24) is 10.2 Å². The first-order chi connectivity index (χ1) is 9.03. The van der Waals surface area contributed by atoms with Gasteiger partial charge in [-0.1, -0.05) is 27.7 Å². The Morgan fingerprint density at radius 2 is 1.95 bits per heavy atom. The number of rotatable bonds is 9. The predicted octanol–water partition coefficient (Wildman–Crippen LogP) is 2.76. The quantitative estimate of drug-likeness (QED) is 0.697. The fraction of sp³-hybridized carbons (Fsp3) is 1.00. The molecule has 3 heteroatoms. The van der Waals surface area contributed by atoms with Crippen LogP contribution in [0.5, 0.6) is 0 Å². The zero-order valence-electron chi connectivity index (χ0n) is 13.7. The first-order valence-electron chi connectivity index (χ1n) is 8.01. The lowest BCUT2D eigenvalue weighted by Gasteiger charge is -2.36. The minimum Gasteiger partial charge on any atom is -0.381 e. The molecule has 0 aromatic heterocycles. The summed E-state index contributed by atoms with van der Waals surface area (Å²) in [6.45, 7) is 14.3. The van der Waals surface area contributed by atoms with E-state index < -0.39 is 0 Å². The number of hydrogen-bond acceptors (Lipinski definition) is 3. The molecule has 1 N–H and O–H groups in total. The van der Waals surface area contributed by atoms with Crippen molar-refractivity contribution in [2.75, 3.05) is 39.9 Å². The second-order valence-corrected chi connectivity index (χ2v) is 6.71. The van der Waals surface area contributed by atoms with Crippen molar-refractivity contribution in [1.29, 1.82) is 0 Å². The summed E-state index contributed by atoms with van der Waals surface area (Å²) in [6.07, 6.45) is 3.68. The molecule has 114 valence electrons. The van der Waals surface area contributed by atoms with Gasteiger partial charge in [0.15, 0.2) is 0 Å². The van der Waals surface area contributed by atoms with Crippen molar-refractivity contribution in [3.05, 3.63) is 0 Å². The van der Waals surface area contributed by atoms with Crippen LogP contribution >= 0.6 is 0 Å². The molecule has 3 nitrogen and oxygen atoms in total. The summed E-state index contributed by atoms with van der Waals surface area (Å²) < 4.78 is 5.70. The van der Waals surface area contributed by atoms with Crippen LogP contribution in [0.3, 0.4) is 0 Å². The van der Waals surface area contributed by atoms with E-state index in [1.54, 1.807) is 0 Å². The Kier molecular flexibility index (Phi) is 7.33. The third-order valence-electron chi connectivity index (χ3n) is 4.39. The number of nitrogens with zero attached hydrogens (tertiary/aromatic N) is 1. The molecule has 1 aliphatic rings. The summed E-state index contributed by atoms with van der Waals surface area (Å²) in [4.78, 5) is 2.55. The van der Waals surface area contributed by atoms with E-state index in [-0.39, 0.29) is 0 Å². The normalized spacial score (nSPS) is 24.0. The number of ether oxygens (including phenoxy) is 1. The van der Waals surface area contributed by atoms with Crippen molar-refractivity contribution < 1.29 is 4.74 Å². The zero-order valence-corrected chi connectivity index (χ0v) is 13.7. The van der Waals surface area contributed by atoms with E-state index in [0.717, 1.165) is 38.8 Å². The summed E-state index contributed by atoms with van der Waals surface area (Å²) in [5, 5.41) is 3.64. The van der Waals surface area contributed by atoms with E-state index in [2.05, 4.69) is 45.0 Å². The second kappa shape index (κ2) is 8.23. The Balaban J connectivity index is 2.51. The Bertz CT molecular complexity index is 233. The van der Waals surface area contributed by atoms with Crippen LogP contribution in [-0.2, 0) is 4.74 Å². The van der Waals surface area contributed by atoms with E-state index in [1.807, 2.05) is 0 Å². The second-order valence-electron chi connectivity index (χ2n) is 6.71. The molecule has 19 heavy (non-hydrogen) atoms. The molecule has 0 saturated carbocycles. The molecule has 1 heterocycles. The van der Waals surface area contributed by atoms with E-state index in [4.69, 9.17) is 4.74 Å². The highest BCUT2D eigenvalue weighted by Crippen LogP contribution is 2.30. The van der Waals surface area contributed by atoms with Gasteiger partial charge < -0.3 is 15.0 Å². The maximum absolute atomic E-state index is 5.70. The van der Waals surface area contributed by atoms with Gasteiger partial charge in [-0.15, -0.1) is 0 Å². The van der Waals surface area contributed by atoms with Gasteiger partial charge in [0.25, 0.3) is 0 Å². The molecule has 1 rings (SSSR count). The minimum atomic E-state index is 0.326. The molecular formula is C16H34N2O. The van der Waals surface area contributed by atoms with Gasteiger partial charge in [0.2, 0.25) is 0 Å². The first-order valence-corrected chi connectivity index (χ1v) is 8.01. The van der Waals surface area contributed by atoms with E-state index in [0.29, 0.717) is 11.5 Å². The molecule has 1 fully saturated rings. The molecule has 0 aromatic carbocycles. The van der Waals surface area contributed by atoms with Crippen molar-refractivity contribution in [2.45, 2.75) is 53.0 Å². The molecule has 1 saturated heterocycles. The average molecular weight is 270 g/mol. The van der Waals surface area contributed by atoms with Gasteiger partial charge in [-0.3, -0.25) is 0 Å². The maximum atomic E-state index is 5.70. The fourth-order valence-electron chi connectivity index (χ4n) is 3.17. The topological polar surface area (TPSA) is 24.5 Å². The van der Waals surface area contributed by atoms with Crippen molar-refractivity contribution in [3.63, 3.8) is 0 Å². The SMILES string of the molecule is CCC(CC)N(C)CC1(CNCC(C)C)CCOC1. The predicted molar refractivity (Wildman–Crippen MR) is 82.6 cm³/mol. The largest absolute Gasteiger partial charge is 0.381 e. The molecule has 0 aromatic rings. The summed E-state index contributed by atoms with van der Waals surface area (Å²) in [7, 11) is 2.28. The Morgan fingerprint density at radius 3 is 2.42 bits per heavy atom. The summed E-state index contributed by atoms with van der Waals surface area (Å²) in [5.41, 5.74) is 0.326. The molecule has 1 unspecified atom stereocenters. The molecular weight excluding hydrogens is 236 g/mol. The van der Waals surface area contributed by atoms with Crippen molar-refractivity contribution >= 4 is 0 Å². The smallest absolute Gasteiger partial charge is 0.0547 e. The highest BCUT2D eigenvalue weighted by Gasteiger charge is 2.36. The highest BCUT2D eigenvalue weighted by molar-refractivity contribution is 4.89. The highest BCUT2D eigenvalue weighted by atomic mass is 16.5. The summed E-state index contributed by atoms with van der Waals surface area (Å²) in [6, 6.07) is 0.711. The van der Waals surface area contributed by atoms with Crippen LogP contribution in [-0.4, -0.2) is 50.8 Å². The van der Waals surface area contributed by atoms with Gasteiger partial charge in [-0.2, -0.15) is 0 Å². The summed E-state index contributed by atoms with van der Waals surface area (Å²) in [5.74, 6) is 0.719. The van der Waals surface area contributed by atoms with Crippen LogP contribution in [0, 0.1) is 11.3 Å². The lowest BCUT2D eigenvalue weighted by molar-refractivity contribution is 0.0975. The lowest BCUT2D eigenvalue weighted by Crippen LogP contribution is -2.47. The van der Waals surface area contributed by atoms with Gasteiger partial charge in [-0.05, 0) is 38.8 Å². The van der Waals surface area contributed by atoms with Crippen molar-refractivity contribution in [3.8, 4) is 0 Å². The van der Waals surface area contributed by atoms with Crippen LogP contribution in [0.15, 0.2) is 0 Å². The van der Waals surface area contributed by atoms with Crippen LogP contribution in [0.1, 0.15) is 47.0 Å². The number of hydrogen-bond donors (Lipinski definition) is 1. The van der Waals surface area contributed by atoms with Crippen LogP contribution in [0.4, 0.5) is 0 Å². The molecule has 0 amide bonds. The lowest BCUT2D eigenvalue weighted by atomic mass is 9.85. The van der Waals surface area contributed by atoms with Crippen molar-refractivity contribution in [2.24, 2.45) is 11.3 Å². The van der Waals surface area contributed by atoms with Gasteiger partial charge >= 0.3 is 0 Å². The molecule has 0 radical (unpaired) electrons. The standard InChI is InChI=1S/C16H34N2O/c1-6-15(7-2)18(5)12-16(8-9-19-13-16)11-17-10-14(3)4/h14-15,17H,6-13H2,1-5H3. The van der Waals surface area contributed by atoms with Gasteiger partial charge in [0.1, 0.15) is 0 Å². The first kappa shape index (κ1) is 16.9. The molecule has 0 spiro atoms. The summed E-state index contributed by atoms with van der Waals surface area (Å²) >= 11 is 0. The minimum absolute atomic E-state index is 0.326. The van der Waals surface area contributed by atoms with E-state index >= 15 is 0 Å². The fourth-order valence-corrected chi connectivity index (χ4v) is 3.17. The molecule has 0 aliphatic carbocycles. The van der Waals surface area contributed by atoms with Crippen LogP contribution in [0.25, 0.3) is 0 Å².